The van der Waals surface area contributed by atoms with Crippen LogP contribution in [0.5, 0.6) is 11.5 Å². The first-order chi connectivity index (χ1) is 10.8. The summed E-state index contributed by atoms with van der Waals surface area (Å²) in [5.41, 5.74) is 0.967. The van der Waals surface area contributed by atoms with E-state index in [1.165, 1.54) is 11.3 Å². The number of nitrogens with one attached hydrogen (secondary N) is 1. The maximum absolute atomic E-state index is 12.1. The minimum atomic E-state index is -0.395. The second-order valence-corrected chi connectivity index (χ2v) is 5.53. The first kappa shape index (κ1) is 14.2. The van der Waals surface area contributed by atoms with E-state index in [2.05, 4.69) is 5.32 Å². The number of amides is 1. The van der Waals surface area contributed by atoms with Crippen LogP contribution in [-0.2, 0) is 11.3 Å². The smallest absolute Gasteiger partial charge is 0.262 e. The molecule has 1 aliphatic rings. The second kappa shape index (κ2) is 6.33. The largest absolute Gasteiger partial charge is 0.454 e. The fourth-order valence-corrected chi connectivity index (χ4v) is 2.65. The highest BCUT2D eigenvalue weighted by atomic mass is 32.1. The summed E-state index contributed by atoms with van der Waals surface area (Å²) < 4.78 is 10.5. The molecule has 1 aliphatic heterocycles. The van der Waals surface area contributed by atoms with Gasteiger partial charge >= 0.3 is 0 Å². The Morgan fingerprint density at radius 2 is 2.23 bits per heavy atom. The summed E-state index contributed by atoms with van der Waals surface area (Å²) in [6, 6.07) is 11.1. The van der Waals surface area contributed by atoms with E-state index in [4.69, 9.17) is 14.7 Å². The summed E-state index contributed by atoms with van der Waals surface area (Å²) >= 11 is 1.47. The quantitative estimate of drug-likeness (QED) is 0.696. The van der Waals surface area contributed by atoms with Gasteiger partial charge in [-0.05, 0) is 35.2 Å². The van der Waals surface area contributed by atoms with Gasteiger partial charge in [-0.15, -0.1) is 11.3 Å². The van der Waals surface area contributed by atoms with E-state index in [1.807, 2.05) is 35.7 Å². The summed E-state index contributed by atoms with van der Waals surface area (Å²) in [7, 11) is 0. The van der Waals surface area contributed by atoms with Crippen molar-refractivity contribution in [1.82, 2.24) is 5.32 Å². The molecule has 0 radical (unpaired) electrons. The topological polar surface area (TPSA) is 71.4 Å². The molecule has 1 N–H and O–H groups in total. The zero-order valence-electron chi connectivity index (χ0n) is 11.5. The third kappa shape index (κ3) is 3.10. The van der Waals surface area contributed by atoms with Gasteiger partial charge in [0, 0.05) is 11.4 Å². The molecule has 110 valence electrons. The monoisotopic (exact) mass is 312 g/mol. The highest BCUT2D eigenvalue weighted by molar-refractivity contribution is 7.10. The van der Waals surface area contributed by atoms with Gasteiger partial charge < -0.3 is 14.8 Å². The van der Waals surface area contributed by atoms with Crippen molar-refractivity contribution in [2.45, 2.75) is 6.54 Å². The predicted octanol–water partition coefficient (Wildman–Crippen LogP) is 2.70. The van der Waals surface area contributed by atoms with Gasteiger partial charge in [0.1, 0.15) is 11.6 Å². The molecule has 1 aromatic heterocycles. The zero-order valence-corrected chi connectivity index (χ0v) is 12.4. The van der Waals surface area contributed by atoms with Crippen molar-refractivity contribution in [2.24, 2.45) is 0 Å². The Hall–Kier alpha value is -2.78. The molecule has 0 unspecified atom stereocenters. The van der Waals surface area contributed by atoms with E-state index < -0.39 is 5.91 Å². The highest BCUT2D eigenvalue weighted by Gasteiger charge is 2.14. The van der Waals surface area contributed by atoms with Crippen molar-refractivity contribution < 1.29 is 14.3 Å². The molecule has 3 rings (SSSR count). The number of thiophene rings is 1. The molecule has 6 heteroatoms. The number of benzene rings is 1. The molecule has 2 heterocycles. The molecular weight excluding hydrogens is 300 g/mol. The van der Waals surface area contributed by atoms with Gasteiger partial charge in [-0.2, -0.15) is 5.26 Å². The van der Waals surface area contributed by atoms with Crippen LogP contribution in [-0.4, -0.2) is 12.7 Å². The molecule has 1 aromatic carbocycles. The predicted molar refractivity (Wildman–Crippen MR) is 82.3 cm³/mol. The minimum absolute atomic E-state index is 0.0863. The van der Waals surface area contributed by atoms with Crippen LogP contribution in [0.15, 0.2) is 41.3 Å². The standard InChI is InChI=1S/C16H12N2O3S/c17-8-12(7-13-2-1-5-22-13)16(19)18-9-11-3-4-14-15(6-11)21-10-20-14/h1-7H,9-10H2,(H,18,19)/b12-7-. The Balaban J connectivity index is 1.65. The first-order valence-electron chi connectivity index (χ1n) is 6.58. The van der Waals surface area contributed by atoms with E-state index in [9.17, 15) is 4.79 Å². The van der Waals surface area contributed by atoms with Gasteiger partial charge in [0.15, 0.2) is 11.5 Å². The molecule has 0 fully saturated rings. The lowest BCUT2D eigenvalue weighted by Gasteiger charge is -2.05. The summed E-state index contributed by atoms with van der Waals surface area (Å²) in [4.78, 5) is 12.9. The lowest BCUT2D eigenvalue weighted by atomic mass is 10.2. The lowest BCUT2D eigenvalue weighted by Crippen LogP contribution is -2.23. The lowest BCUT2D eigenvalue weighted by molar-refractivity contribution is -0.117. The van der Waals surface area contributed by atoms with Crippen LogP contribution in [0.3, 0.4) is 0 Å². The van der Waals surface area contributed by atoms with Gasteiger partial charge in [0.05, 0.1) is 0 Å². The second-order valence-electron chi connectivity index (χ2n) is 4.56. The summed E-state index contributed by atoms with van der Waals surface area (Å²) in [5.74, 6) is 0.973. The zero-order chi connectivity index (χ0) is 15.4. The number of hydrogen-bond donors (Lipinski definition) is 1. The Kier molecular flexibility index (Phi) is 4.08. The number of hydrogen-bond acceptors (Lipinski definition) is 5. The van der Waals surface area contributed by atoms with Crippen LogP contribution in [0.2, 0.25) is 0 Å². The molecular formula is C16H12N2O3S. The van der Waals surface area contributed by atoms with Crippen molar-refractivity contribution in [1.29, 1.82) is 5.26 Å². The number of ether oxygens (including phenoxy) is 2. The van der Waals surface area contributed by atoms with Crippen LogP contribution < -0.4 is 14.8 Å². The normalized spacial score (nSPS) is 12.8. The Morgan fingerprint density at radius 1 is 1.36 bits per heavy atom. The van der Waals surface area contributed by atoms with Crippen molar-refractivity contribution in [3.63, 3.8) is 0 Å². The van der Waals surface area contributed by atoms with Crippen LogP contribution in [0.25, 0.3) is 6.08 Å². The van der Waals surface area contributed by atoms with E-state index in [0.717, 1.165) is 10.4 Å². The van der Waals surface area contributed by atoms with Crippen LogP contribution in [0.4, 0.5) is 0 Å². The van der Waals surface area contributed by atoms with Crippen LogP contribution in [0, 0.1) is 11.3 Å². The number of nitriles is 1. The molecule has 2 aromatic rings. The van der Waals surface area contributed by atoms with Crippen LogP contribution >= 0.6 is 11.3 Å². The molecule has 0 saturated carbocycles. The van der Waals surface area contributed by atoms with Crippen molar-refractivity contribution in [3.8, 4) is 17.6 Å². The first-order valence-corrected chi connectivity index (χ1v) is 7.46. The number of nitrogens with zero attached hydrogens (tertiary/aromatic N) is 1. The highest BCUT2D eigenvalue weighted by Crippen LogP contribution is 2.32. The maximum atomic E-state index is 12.1. The van der Waals surface area contributed by atoms with Crippen LogP contribution in [0.1, 0.15) is 10.4 Å². The Morgan fingerprint density at radius 3 is 3.00 bits per heavy atom. The third-order valence-corrected chi connectivity index (χ3v) is 3.90. The third-order valence-electron chi connectivity index (χ3n) is 3.08. The number of carbonyl (C=O) groups is 1. The van der Waals surface area contributed by atoms with E-state index in [1.54, 1.807) is 12.1 Å². The van der Waals surface area contributed by atoms with E-state index >= 15 is 0 Å². The van der Waals surface area contributed by atoms with Gasteiger partial charge in [0.25, 0.3) is 5.91 Å². The van der Waals surface area contributed by atoms with Crippen molar-refractivity contribution in [3.05, 3.63) is 51.7 Å². The summed E-state index contributed by atoms with van der Waals surface area (Å²) in [5, 5.41) is 13.7. The molecule has 0 bridgehead atoms. The molecule has 22 heavy (non-hydrogen) atoms. The average Bonchev–Trinajstić information content (AvgIpc) is 3.20. The SMILES string of the molecule is N#C/C(=C/c1cccs1)C(=O)NCc1ccc2c(c1)OCO2. The number of carbonyl (C=O) groups excluding carboxylic acids is 1. The molecule has 1 amide bonds. The number of fused-ring (bicyclic) bond motifs is 1. The van der Waals surface area contributed by atoms with Gasteiger partial charge in [-0.1, -0.05) is 12.1 Å². The summed E-state index contributed by atoms with van der Waals surface area (Å²) in [6.45, 7) is 0.534. The summed E-state index contributed by atoms with van der Waals surface area (Å²) in [6.07, 6.45) is 1.58. The fraction of sp³-hybridized carbons (Fsp3) is 0.125. The van der Waals surface area contributed by atoms with Gasteiger partial charge in [-0.3, -0.25) is 4.79 Å². The molecule has 0 saturated heterocycles. The van der Waals surface area contributed by atoms with Gasteiger partial charge in [-0.25, -0.2) is 0 Å². The molecule has 0 spiro atoms. The Labute approximate surface area is 131 Å². The van der Waals surface area contributed by atoms with E-state index in [0.29, 0.717) is 18.0 Å². The average molecular weight is 312 g/mol. The van der Waals surface area contributed by atoms with Gasteiger partial charge in [0.2, 0.25) is 6.79 Å². The fourth-order valence-electron chi connectivity index (χ4n) is 1.99. The molecule has 5 nitrogen and oxygen atoms in total. The maximum Gasteiger partial charge on any atom is 0.262 e. The molecule has 0 atom stereocenters. The number of rotatable bonds is 4. The Bertz CT molecular complexity index is 760. The van der Waals surface area contributed by atoms with Crippen molar-refractivity contribution >= 4 is 23.3 Å². The van der Waals surface area contributed by atoms with Crippen molar-refractivity contribution in [2.75, 3.05) is 6.79 Å². The minimum Gasteiger partial charge on any atom is -0.454 e. The van der Waals surface area contributed by atoms with E-state index in [-0.39, 0.29) is 12.4 Å². The molecule has 0 aliphatic carbocycles.